The fraction of sp³-hybridized carbons (Fsp3) is 0.750. The second-order valence-corrected chi connectivity index (χ2v) is 3.34. The van der Waals surface area contributed by atoms with Crippen LogP contribution in [-0.4, -0.2) is 46.8 Å². The Labute approximate surface area is 78.8 Å². The van der Waals surface area contributed by atoms with Crippen LogP contribution in [0.5, 0.6) is 0 Å². The molecular formula is C8H17N5. The molecule has 5 nitrogen and oxygen atoms in total. The third-order valence-electron chi connectivity index (χ3n) is 1.82. The SMILES string of the molecule is CN(C)CCNCc1nncn1C. The van der Waals surface area contributed by atoms with Crippen LogP contribution in [-0.2, 0) is 13.6 Å². The van der Waals surface area contributed by atoms with E-state index >= 15 is 0 Å². The minimum absolute atomic E-state index is 0.782. The van der Waals surface area contributed by atoms with Crippen molar-refractivity contribution in [2.45, 2.75) is 6.54 Å². The van der Waals surface area contributed by atoms with E-state index < -0.39 is 0 Å². The summed E-state index contributed by atoms with van der Waals surface area (Å²) in [6.45, 7) is 2.79. The monoisotopic (exact) mass is 183 g/mol. The largest absolute Gasteiger partial charge is 0.320 e. The van der Waals surface area contributed by atoms with Crippen LogP contribution >= 0.6 is 0 Å². The Kier molecular flexibility index (Phi) is 3.85. The van der Waals surface area contributed by atoms with Crippen molar-refractivity contribution in [1.82, 2.24) is 25.0 Å². The van der Waals surface area contributed by atoms with Crippen LogP contribution in [0, 0.1) is 0 Å². The van der Waals surface area contributed by atoms with Gasteiger partial charge in [0.2, 0.25) is 0 Å². The van der Waals surface area contributed by atoms with Gasteiger partial charge < -0.3 is 14.8 Å². The summed E-state index contributed by atoms with van der Waals surface area (Å²) in [5, 5.41) is 11.1. The first-order chi connectivity index (χ1) is 6.20. The molecule has 1 N–H and O–H groups in total. The highest BCUT2D eigenvalue weighted by Gasteiger charge is 1.98. The van der Waals surface area contributed by atoms with Crippen LogP contribution < -0.4 is 5.32 Å². The Morgan fingerprint density at radius 2 is 2.31 bits per heavy atom. The molecule has 0 saturated heterocycles. The number of hydrogen-bond acceptors (Lipinski definition) is 4. The lowest BCUT2D eigenvalue weighted by Gasteiger charge is -2.09. The molecule has 1 rings (SSSR count). The Hall–Kier alpha value is -0.940. The van der Waals surface area contributed by atoms with Crippen LogP contribution in [0.3, 0.4) is 0 Å². The molecule has 1 heterocycles. The molecule has 5 heteroatoms. The smallest absolute Gasteiger partial charge is 0.146 e. The highest BCUT2D eigenvalue weighted by atomic mass is 15.3. The van der Waals surface area contributed by atoms with E-state index in [1.807, 2.05) is 11.6 Å². The van der Waals surface area contributed by atoms with Gasteiger partial charge in [-0.1, -0.05) is 0 Å². The van der Waals surface area contributed by atoms with Crippen molar-refractivity contribution in [3.63, 3.8) is 0 Å². The molecule has 0 aromatic carbocycles. The van der Waals surface area contributed by atoms with Crippen molar-refractivity contribution in [1.29, 1.82) is 0 Å². The fourth-order valence-corrected chi connectivity index (χ4v) is 0.970. The van der Waals surface area contributed by atoms with Crippen LogP contribution in [0.15, 0.2) is 6.33 Å². The predicted octanol–water partition coefficient (Wildman–Crippen LogP) is -0.534. The molecule has 0 radical (unpaired) electrons. The zero-order valence-corrected chi connectivity index (χ0v) is 8.49. The third-order valence-corrected chi connectivity index (χ3v) is 1.82. The molecule has 0 aliphatic heterocycles. The normalized spacial score (nSPS) is 11.1. The molecule has 0 amide bonds. The van der Waals surface area contributed by atoms with Crippen molar-refractivity contribution < 1.29 is 0 Å². The lowest BCUT2D eigenvalue weighted by atomic mass is 10.5. The average Bonchev–Trinajstić information content (AvgIpc) is 2.45. The van der Waals surface area contributed by atoms with Crippen molar-refractivity contribution in [3.05, 3.63) is 12.2 Å². The first kappa shape index (κ1) is 10.1. The van der Waals surface area contributed by atoms with Crippen molar-refractivity contribution in [2.24, 2.45) is 7.05 Å². The zero-order valence-electron chi connectivity index (χ0n) is 8.49. The molecule has 0 aliphatic rings. The van der Waals surface area contributed by atoms with Crippen LogP contribution in [0.25, 0.3) is 0 Å². The van der Waals surface area contributed by atoms with Gasteiger partial charge in [-0.15, -0.1) is 10.2 Å². The lowest BCUT2D eigenvalue weighted by Crippen LogP contribution is -2.27. The summed E-state index contributed by atoms with van der Waals surface area (Å²) in [6, 6.07) is 0. The van der Waals surface area contributed by atoms with E-state index in [-0.39, 0.29) is 0 Å². The maximum Gasteiger partial charge on any atom is 0.146 e. The first-order valence-electron chi connectivity index (χ1n) is 4.38. The van der Waals surface area contributed by atoms with Gasteiger partial charge in [0.15, 0.2) is 0 Å². The fourth-order valence-electron chi connectivity index (χ4n) is 0.970. The Morgan fingerprint density at radius 3 is 2.85 bits per heavy atom. The number of likely N-dealkylation sites (N-methyl/N-ethyl adjacent to an activating group) is 1. The molecule has 0 bridgehead atoms. The number of nitrogens with one attached hydrogen (secondary N) is 1. The molecule has 0 unspecified atom stereocenters. The summed E-state index contributed by atoms with van der Waals surface area (Å²) < 4.78 is 1.92. The van der Waals surface area contributed by atoms with Crippen LogP contribution in [0.2, 0.25) is 0 Å². The van der Waals surface area contributed by atoms with Crippen LogP contribution in [0.1, 0.15) is 5.82 Å². The summed E-state index contributed by atoms with van der Waals surface area (Å²) >= 11 is 0. The zero-order chi connectivity index (χ0) is 9.68. The molecule has 1 aromatic rings. The second kappa shape index (κ2) is 4.94. The molecule has 0 saturated carbocycles. The van der Waals surface area contributed by atoms with E-state index in [4.69, 9.17) is 0 Å². The van der Waals surface area contributed by atoms with E-state index in [1.54, 1.807) is 6.33 Å². The molecule has 0 spiro atoms. The van der Waals surface area contributed by atoms with Gasteiger partial charge in [-0.3, -0.25) is 0 Å². The van der Waals surface area contributed by atoms with Gasteiger partial charge in [-0.25, -0.2) is 0 Å². The Morgan fingerprint density at radius 1 is 1.54 bits per heavy atom. The average molecular weight is 183 g/mol. The second-order valence-electron chi connectivity index (χ2n) is 3.34. The van der Waals surface area contributed by atoms with E-state index in [9.17, 15) is 0 Å². The maximum absolute atomic E-state index is 3.97. The Bertz CT molecular complexity index is 242. The van der Waals surface area contributed by atoms with Gasteiger partial charge in [0.1, 0.15) is 12.2 Å². The summed E-state index contributed by atoms with van der Waals surface area (Å²) in [6.07, 6.45) is 1.71. The molecule has 0 fully saturated rings. The van der Waals surface area contributed by atoms with Crippen LogP contribution in [0.4, 0.5) is 0 Å². The topological polar surface area (TPSA) is 46.0 Å². The molecular weight excluding hydrogens is 166 g/mol. The minimum atomic E-state index is 0.782. The molecule has 13 heavy (non-hydrogen) atoms. The summed E-state index contributed by atoms with van der Waals surface area (Å²) in [5.41, 5.74) is 0. The quantitative estimate of drug-likeness (QED) is 0.623. The van der Waals surface area contributed by atoms with Gasteiger partial charge in [0.05, 0.1) is 6.54 Å². The van der Waals surface area contributed by atoms with E-state index in [1.165, 1.54) is 0 Å². The van der Waals surface area contributed by atoms with Crippen molar-refractivity contribution >= 4 is 0 Å². The minimum Gasteiger partial charge on any atom is -0.320 e. The van der Waals surface area contributed by atoms with Gasteiger partial charge in [-0.05, 0) is 14.1 Å². The van der Waals surface area contributed by atoms with E-state index in [0.29, 0.717) is 0 Å². The summed E-state index contributed by atoms with van der Waals surface area (Å²) in [5.74, 6) is 0.971. The lowest BCUT2D eigenvalue weighted by molar-refractivity contribution is 0.398. The third kappa shape index (κ3) is 3.52. The van der Waals surface area contributed by atoms with Gasteiger partial charge in [-0.2, -0.15) is 0 Å². The molecule has 0 aliphatic carbocycles. The van der Waals surface area contributed by atoms with E-state index in [0.717, 1.165) is 25.5 Å². The van der Waals surface area contributed by atoms with E-state index in [2.05, 4.69) is 34.5 Å². The summed E-state index contributed by atoms with van der Waals surface area (Å²) in [7, 11) is 6.07. The van der Waals surface area contributed by atoms with Gasteiger partial charge in [0, 0.05) is 20.1 Å². The molecule has 0 atom stereocenters. The summed E-state index contributed by atoms with van der Waals surface area (Å²) in [4.78, 5) is 2.14. The van der Waals surface area contributed by atoms with Gasteiger partial charge in [0.25, 0.3) is 0 Å². The standard InChI is InChI=1S/C8H17N5/c1-12(2)5-4-9-6-8-11-10-7-13(8)3/h7,9H,4-6H2,1-3H3. The Balaban J connectivity index is 2.17. The molecule has 74 valence electrons. The highest BCUT2D eigenvalue weighted by Crippen LogP contribution is 1.88. The number of nitrogens with zero attached hydrogens (tertiary/aromatic N) is 4. The van der Waals surface area contributed by atoms with Crippen molar-refractivity contribution in [3.8, 4) is 0 Å². The number of rotatable bonds is 5. The number of hydrogen-bond donors (Lipinski definition) is 1. The maximum atomic E-state index is 3.97. The number of aromatic nitrogens is 3. The molecule has 1 aromatic heterocycles. The number of aryl methyl sites for hydroxylation is 1. The van der Waals surface area contributed by atoms with Gasteiger partial charge >= 0.3 is 0 Å². The van der Waals surface area contributed by atoms with Crippen molar-refractivity contribution in [2.75, 3.05) is 27.2 Å². The highest BCUT2D eigenvalue weighted by molar-refractivity contribution is 4.82. The predicted molar refractivity (Wildman–Crippen MR) is 51.3 cm³/mol. The first-order valence-corrected chi connectivity index (χ1v) is 4.38.